The van der Waals surface area contributed by atoms with Crippen LogP contribution in [0.1, 0.15) is 39.7 Å². The summed E-state index contributed by atoms with van der Waals surface area (Å²) in [6.07, 6.45) is -3.98. The number of nitrogens with one attached hydrogen (secondary N) is 1. The first-order valence-electron chi connectivity index (χ1n) is 6.78. The lowest BCUT2D eigenvalue weighted by Gasteiger charge is -2.27. The summed E-state index contributed by atoms with van der Waals surface area (Å²) in [5, 5.41) is 12.8. The first kappa shape index (κ1) is 19.4. The Balaban J connectivity index is 3.03. The third kappa shape index (κ3) is 4.67. The summed E-state index contributed by atoms with van der Waals surface area (Å²) < 4.78 is 38.6. The molecule has 2 N–H and O–H groups in total. The monoisotopic (exact) mass is 357 g/mol. The van der Waals surface area contributed by atoms with Gasteiger partial charge >= 0.3 is 6.18 Å². The molecule has 126 valence electrons. The van der Waals surface area contributed by atoms with Crippen molar-refractivity contribution in [3.63, 3.8) is 0 Å². The summed E-state index contributed by atoms with van der Waals surface area (Å²) in [7, 11) is 0. The van der Waals surface area contributed by atoms with Crippen LogP contribution in [0.4, 0.5) is 18.9 Å². The highest BCUT2D eigenvalue weighted by atomic mass is 35.5. The Bertz CT molecular complexity index is 514. The highest BCUT2D eigenvalue weighted by molar-refractivity contribution is 6.39. The summed E-state index contributed by atoms with van der Waals surface area (Å²) in [5.41, 5.74) is -2.93. The van der Waals surface area contributed by atoms with Gasteiger partial charge in [0, 0.05) is 6.54 Å². The fourth-order valence-electron chi connectivity index (χ4n) is 1.75. The van der Waals surface area contributed by atoms with Crippen molar-refractivity contribution in [3.05, 3.63) is 27.7 Å². The molecule has 0 saturated carbocycles. The van der Waals surface area contributed by atoms with Crippen molar-refractivity contribution in [2.75, 3.05) is 11.9 Å². The minimum Gasteiger partial charge on any atom is -0.383 e. The maximum Gasteiger partial charge on any atom is 0.421 e. The molecule has 0 heterocycles. The third-order valence-electron chi connectivity index (χ3n) is 3.33. The van der Waals surface area contributed by atoms with Gasteiger partial charge < -0.3 is 10.4 Å². The van der Waals surface area contributed by atoms with E-state index in [1.165, 1.54) is 0 Å². The molecule has 0 aliphatic carbocycles. The van der Waals surface area contributed by atoms with Crippen molar-refractivity contribution in [2.45, 2.75) is 45.9 Å². The Kier molecular flexibility index (Phi) is 5.69. The van der Waals surface area contributed by atoms with E-state index >= 15 is 0 Å². The molecule has 1 atom stereocenters. The van der Waals surface area contributed by atoms with E-state index in [0.29, 0.717) is 19.2 Å². The molecule has 0 saturated heterocycles. The molecule has 1 unspecified atom stereocenters. The predicted octanol–water partition coefficient (Wildman–Crippen LogP) is 5.61. The normalized spacial score (nSPS) is 15.5. The number of rotatable bonds is 4. The van der Waals surface area contributed by atoms with Crippen LogP contribution in [0.5, 0.6) is 0 Å². The molecule has 0 radical (unpaired) electrons. The van der Waals surface area contributed by atoms with Gasteiger partial charge in [-0.05, 0) is 36.5 Å². The fourth-order valence-corrected chi connectivity index (χ4v) is 2.37. The minimum atomic E-state index is -4.82. The number of aliphatic hydroxyl groups is 1. The van der Waals surface area contributed by atoms with Crippen LogP contribution in [0.25, 0.3) is 0 Å². The van der Waals surface area contributed by atoms with Gasteiger partial charge in [0.05, 0.1) is 15.7 Å². The molecule has 1 rings (SSSR count). The van der Waals surface area contributed by atoms with Crippen LogP contribution in [0.3, 0.4) is 0 Å². The van der Waals surface area contributed by atoms with E-state index in [1.807, 2.05) is 0 Å². The van der Waals surface area contributed by atoms with E-state index < -0.39 is 17.3 Å². The van der Waals surface area contributed by atoms with E-state index in [2.05, 4.69) is 26.1 Å². The average Bonchev–Trinajstić information content (AvgIpc) is 2.29. The van der Waals surface area contributed by atoms with Crippen LogP contribution in [-0.2, 0) is 5.60 Å². The zero-order valence-corrected chi connectivity index (χ0v) is 14.4. The number of hydrogen-bond acceptors (Lipinski definition) is 2. The van der Waals surface area contributed by atoms with Crippen molar-refractivity contribution in [1.82, 2.24) is 0 Å². The van der Waals surface area contributed by atoms with E-state index in [4.69, 9.17) is 23.2 Å². The van der Waals surface area contributed by atoms with Gasteiger partial charge in [0.1, 0.15) is 0 Å². The Hall–Kier alpha value is -0.650. The van der Waals surface area contributed by atoms with Gasteiger partial charge in [0.25, 0.3) is 0 Å². The minimum absolute atomic E-state index is 0.0425. The second-order valence-electron chi connectivity index (χ2n) is 6.62. The van der Waals surface area contributed by atoms with Gasteiger partial charge in [-0.25, -0.2) is 0 Å². The number of benzene rings is 1. The first-order valence-corrected chi connectivity index (χ1v) is 7.54. The van der Waals surface area contributed by atoms with E-state index in [9.17, 15) is 18.3 Å². The summed E-state index contributed by atoms with van der Waals surface area (Å²) in [6, 6.07) is 2.17. The van der Waals surface area contributed by atoms with Gasteiger partial charge in [0.2, 0.25) is 0 Å². The Morgan fingerprint density at radius 1 is 1.05 bits per heavy atom. The molecule has 0 fully saturated rings. The van der Waals surface area contributed by atoms with Crippen molar-refractivity contribution in [2.24, 2.45) is 5.41 Å². The maximum absolute atomic E-state index is 12.9. The maximum atomic E-state index is 12.9. The van der Waals surface area contributed by atoms with Crippen molar-refractivity contribution in [1.29, 1.82) is 0 Å². The predicted molar refractivity (Wildman–Crippen MR) is 84.6 cm³/mol. The Morgan fingerprint density at radius 2 is 1.50 bits per heavy atom. The van der Waals surface area contributed by atoms with Crippen LogP contribution in [0, 0.1) is 5.41 Å². The fraction of sp³-hybridized carbons (Fsp3) is 0.600. The zero-order chi connectivity index (χ0) is 17.3. The van der Waals surface area contributed by atoms with Gasteiger partial charge in [-0.3, -0.25) is 0 Å². The summed E-state index contributed by atoms with van der Waals surface area (Å²) in [6.45, 7) is 7.46. The van der Waals surface area contributed by atoms with Crippen LogP contribution in [-0.4, -0.2) is 17.8 Å². The van der Waals surface area contributed by atoms with Crippen LogP contribution in [0.2, 0.25) is 10.0 Å². The lowest BCUT2D eigenvalue weighted by molar-refractivity contribution is -0.258. The highest BCUT2D eigenvalue weighted by Gasteiger charge is 2.51. The molecule has 0 aliphatic heterocycles. The molecule has 1 aromatic carbocycles. The standard InChI is InChI=1S/C15H20Cl2F3NO/c1-13(2,3)5-6-21-12-10(16)7-9(8-11(12)17)14(4,22)15(18,19)20/h7-8,21-22H,5-6H2,1-4H3. The smallest absolute Gasteiger partial charge is 0.383 e. The van der Waals surface area contributed by atoms with E-state index in [-0.39, 0.29) is 15.5 Å². The molecule has 22 heavy (non-hydrogen) atoms. The van der Waals surface area contributed by atoms with Crippen molar-refractivity contribution in [3.8, 4) is 0 Å². The largest absolute Gasteiger partial charge is 0.421 e. The van der Waals surface area contributed by atoms with Crippen LogP contribution >= 0.6 is 23.2 Å². The number of hydrogen-bond donors (Lipinski definition) is 2. The molecule has 0 spiro atoms. The number of anilines is 1. The topological polar surface area (TPSA) is 32.3 Å². The SMILES string of the molecule is CC(C)(C)CCNc1c(Cl)cc(C(C)(O)C(F)(F)F)cc1Cl. The third-order valence-corrected chi connectivity index (χ3v) is 3.93. The molecule has 0 amide bonds. The Labute approximate surface area is 138 Å². The molecule has 7 heteroatoms. The van der Waals surface area contributed by atoms with Crippen molar-refractivity contribution >= 4 is 28.9 Å². The van der Waals surface area contributed by atoms with Gasteiger partial charge in [-0.2, -0.15) is 13.2 Å². The molecule has 1 aromatic rings. The molecule has 0 aliphatic rings. The molecule has 2 nitrogen and oxygen atoms in total. The highest BCUT2D eigenvalue weighted by Crippen LogP contribution is 2.42. The van der Waals surface area contributed by atoms with Crippen LogP contribution < -0.4 is 5.32 Å². The number of alkyl halides is 3. The quantitative estimate of drug-likeness (QED) is 0.733. The molecular weight excluding hydrogens is 338 g/mol. The van der Waals surface area contributed by atoms with E-state index in [0.717, 1.165) is 18.6 Å². The first-order chi connectivity index (χ1) is 9.75. The summed E-state index contributed by atoms with van der Waals surface area (Å²) in [4.78, 5) is 0. The zero-order valence-electron chi connectivity index (χ0n) is 12.9. The second-order valence-corrected chi connectivity index (χ2v) is 7.44. The second kappa shape index (κ2) is 6.46. The number of halogens is 5. The van der Waals surface area contributed by atoms with Gasteiger partial charge in [-0.15, -0.1) is 0 Å². The molecular formula is C15H20Cl2F3NO. The summed E-state index contributed by atoms with van der Waals surface area (Å²) >= 11 is 12.0. The molecule has 0 aromatic heterocycles. The van der Waals surface area contributed by atoms with E-state index in [1.54, 1.807) is 0 Å². The molecule has 0 bridgehead atoms. The lowest BCUT2D eigenvalue weighted by atomic mass is 9.92. The Morgan fingerprint density at radius 3 is 1.86 bits per heavy atom. The van der Waals surface area contributed by atoms with Crippen molar-refractivity contribution < 1.29 is 18.3 Å². The van der Waals surface area contributed by atoms with Gasteiger partial charge in [0.15, 0.2) is 5.60 Å². The van der Waals surface area contributed by atoms with Crippen LogP contribution in [0.15, 0.2) is 12.1 Å². The lowest BCUT2D eigenvalue weighted by Crippen LogP contribution is -2.39. The van der Waals surface area contributed by atoms with Gasteiger partial charge in [-0.1, -0.05) is 44.0 Å². The summed E-state index contributed by atoms with van der Waals surface area (Å²) in [5.74, 6) is 0. The average molecular weight is 358 g/mol.